The lowest BCUT2D eigenvalue weighted by molar-refractivity contribution is 0.565. The molecule has 0 heterocycles. The number of nitrogens with two attached hydrogens (primary N) is 1. The van der Waals surface area contributed by atoms with Crippen molar-refractivity contribution in [2.24, 2.45) is 10.7 Å². The normalized spacial score (nSPS) is 9.17. The van der Waals surface area contributed by atoms with Crippen LogP contribution in [0.5, 0.6) is 0 Å². The van der Waals surface area contributed by atoms with Crippen LogP contribution in [0.25, 0.3) is 0 Å². The van der Waals surface area contributed by atoms with Crippen molar-refractivity contribution in [2.75, 3.05) is 0 Å². The average molecular weight is 183 g/mol. The van der Waals surface area contributed by atoms with Crippen molar-refractivity contribution in [1.82, 2.24) is 0 Å². The van der Waals surface area contributed by atoms with Crippen LogP contribution in [0.15, 0.2) is 23.2 Å². The Hall–Kier alpha value is -1.15. The molecule has 1 aromatic rings. The molecule has 0 fully saturated rings. The van der Waals surface area contributed by atoms with Crippen molar-refractivity contribution in [2.45, 2.75) is 6.54 Å². The molecule has 0 saturated carbocycles. The topological polar surface area (TPSA) is 55.4 Å². The monoisotopic (exact) mass is 182 g/mol. The first-order valence-corrected chi connectivity index (χ1v) is 3.72. The van der Waals surface area contributed by atoms with Crippen LogP contribution in [0, 0.1) is 0 Å². The molecule has 0 aliphatic rings. The zero-order chi connectivity index (χ0) is 8.97. The zero-order valence-electron chi connectivity index (χ0n) is 6.25. The molecule has 0 unspecified atom stereocenters. The van der Waals surface area contributed by atoms with Crippen LogP contribution < -0.4 is 5.73 Å². The van der Waals surface area contributed by atoms with E-state index in [-0.39, 0.29) is 0 Å². The maximum Gasteiger partial charge on any atom is 0.240 e. The van der Waals surface area contributed by atoms with Gasteiger partial charge in [0, 0.05) is 11.6 Å². The maximum absolute atomic E-state index is 9.88. The Morgan fingerprint density at radius 3 is 2.83 bits per heavy atom. The summed E-state index contributed by atoms with van der Waals surface area (Å²) in [6.45, 7) is 0.379. The second-order valence-corrected chi connectivity index (χ2v) is 2.59. The minimum atomic E-state index is 0.379. The Morgan fingerprint density at radius 1 is 1.58 bits per heavy atom. The molecule has 0 saturated heterocycles. The molecule has 0 aliphatic carbocycles. The molecule has 1 aromatic carbocycles. The highest BCUT2D eigenvalue weighted by atomic mass is 35.5. The van der Waals surface area contributed by atoms with Gasteiger partial charge in [-0.1, -0.05) is 17.7 Å². The van der Waals surface area contributed by atoms with Gasteiger partial charge >= 0.3 is 0 Å². The van der Waals surface area contributed by atoms with Crippen molar-refractivity contribution < 1.29 is 4.79 Å². The Labute approximate surface area is 74.9 Å². The third-order valence-electron chi connectivity index (χ3n) is 1.43. The van der Waals surface area contributed by atoms with E-state index in [2.05, 4.69) is 4.99 Å². The Balaban J connectivity index is 3.09. The summed E-state index contributed by atoms with van der Waals surface area (Å²) in [5, 5.41) is 0.522. The minimum absolute atomic E-state index is 0.379. The molecule has 1 rings (SSSR count). The van der Waals surface area contributed by atoms with Crippen LogP contribution in [0.3, 0.4) is 0 Å². The smallest absolute Gasteiger partial charge is 0.240 e. The molecule has 0 bridgehead atoms. The van der Waals surface area contributed by atoms with E-state index in [1.807, 2.05) is 0 Å². The summed E-state index contributed by atoms with van der Waals surface area (Å²) >= 11 is 5.80. The molecular formula is C8H7ClN2O. The number of aliphatic imine (C=N–C) groups is 1. The van der Waals surface area contributed by atoms with Crippen LogP contribution in [-0.2, 0) is 11.3 Å². The lowest BCUT2D eigenvalue weighted by Gasteiger charge is -1.99. The fourth-order valence-corrected chi connectivity index (χ4v) is 1.08. The second kappa shape index (κ2) is 4.02. The molecule has 0 aliphatic heterocycles. The highest BCUT2D eigenvalue weighted by Gasteiger charge is 1.98. The Bertz CT molecular complexity index is 332. The summed E-state index contributed by atoms with van der Waals surface area (Å²) in [7, 11) is 0. The maximum atomic E-state index is 9.88. The summed E-state index contributed by atoms with van der Waals surface area (Å²) in [5.41, 5.74) is 6.71. The summed E-state index contributed by atoms with van der Waals surface area (Å²) in [6, 6.07) is 4.98. The van der Waals surface area contributed by atoms with Gasteiger partial charge in [-0.05, 0) is 17.7 Å². The number of rotatable bonds is 2. The lowest BCUT2D eigenvalue weighted by Crippen LogP contribution is -1.96. The van der Waals surface area contributed by atoms with Crippen molar-refractivity contribution in [3.05, 3.63) is 28.8 Å². The summed E-state index contributed by atoms with van der Waals surface area (Å²) < 4.78 is 0. The molecule has 62 valence electrons. The molecule has 0 amide bonds. The third-order valence-corrected chi connectivity index (χ3v) is 1.78. The fourth-order valence-electron chi connectivity index (χ4n) is 0.824. The number of halogens is 1. The van der Waals surface area contributed by atoms with E-state index in [4.69, 9.17) is 17.3 Å². The van der Waals surface area contributed by atoms with Gasteiger partial charge in [-0.2, -0.15) is 4.99 Å². The number of nitrogens with zero attached hydrogens (tertiary/aromatic N) is 1. The third kappa shape index (κ3) is 1.92. The van der Waals surface area contributed by atoms with Gasteiger partial charge in [0.1, 0.15) is 0 Å². The van der Waals surface area contributed by atoms with Crippen LogP contribution in [0.4, 0.5) is 5.69 Å². The van der Waals surface area contributed by atoms with Crippen LogP contribution >= 0.6 is 11.6 Å². The van der Waals surface area contributed by atoms with E-state index in [9.17, 15) is 4.79 Å². The van der Waals surface area contributed by atoms with E-state index in [1.165, 1.54) is 6.08 Å². The van der Waals surface area contributed by atoms with Gasteiger partial charge in [-0.3, -0.25) is 0 Å². The Morgan fingerprint density at radius 2 is 2.33 bits per heavy atom. The van der Waals surface area contributed by atoms with Gasteiger partial charge in [-0.15, -0.1) is 0 Å². The first-order valence-electron chi connectivity index (χ1n) is 3.34. The molecular weight excluding hydrogens is 176 g/mol. The van der Waals surface area contributed by atoms with Crippen molar-refractivity contribution in [3.63, 3.8) is 0 Å². The predicted octanol–water partition coefficient (Wildman–Crippen LogP) is 1.77. The highest BCUT2D eigenvalue weighted by molar-refractivity contribution is 6.31. The van der Waals surface area contributed by atoms with Gasteiger partial charge in [0.15, 0.2) is 0 Å². The first-order chi connectivity index (χ1) is 5.77. The van der Waals surface area contributed by atoms with E-state index in [0.29, 0.717) is 17.3 Å². The summed E-state index contributed by atoms with van der Waals surface area (Å²) in [4.78, 5) is 13.3. The van der Waals surface area contributed by atoms with Crippen LogP contribution in [-0.4, -0.2) is 6.08 Å². The average Bonchev–Trinajstić information content (AvgIpc) is 2.05. The number of benzene rings is 1. The molecule has 0 aromatic heterocycles. The van der Waals surface area contributed by atoms with Crippen molar-refractivity contribution in [3.8, 4) is 0 Å². The molecule has 0 atom stereocenters. The number of carbonyl (C=O) groups excluding carboxylic acids is 1. The molecule has 3 nitrogen and oxygen atoms in total. The lowest BCUT2D eigenvalue weighted by atomic mass is 10.2. The minimum Gasteiger partial charge on any atom is -0.326 e. The zero-order valence-corrected chi connectivity index (χ0v) is 7.01. The standard InChI is InChI=1S/C8H7ClN2O/c9-8-3-7(11-5-12)2-1-6(8)4-10/h1-3H,4,10H2. The molecule has 4 heteroatoms. The Kier molecular flexibility index (Phi) is 3.00. The fraction of sp³-hybridized carbons (Fsp3) is 0.125. The van der Waals surface area contributed by atoms with Gasteiger partial charge in [-0.25, -0.2) is 4.79 Å². The predicted molar refractivity (Wildman–Crippen MR) is 47.1 cm³/mol. The second-order valence-electron chi connectivity index (χ2n) is 2.18. The van der Waals surface area contributed by atoms with Gasteiger partial charge in [0.05, 0.1) is 5.69 Å². The highest BCUT2D eigenvalue weighted by Crippen LogP contribution is 2.21. The van der Waals surface area contributed by atoms with E-state index >= 15 is 0 Å². The van der Waals surface area contributed by atoms with Crippen molar-refractivity contribution >= 4 is 23.4 Å². The molecule has 0 spiro atoms. The van der Waals surface area contributed by atoms with E-state index < -0.39 is 0 Å². The van der Waals surface area contributed by atoms with Gasteiger partial charge in [0.2, 0.25) is 6.08 Å². The van der Waals surface area contributed by atoms with Gasteiger partial charge < -0.3 is 5.73 Å². The van der Waals surface area contributed by atoms with Crippen molar-refractivity contribution in [1.29, 1.82) is 0 Å². The van der Waals surface area contributed by atoms with Crippen LogP contribution in [0.2, 0.25) is 5.02 Å². The van der Waals surface area contributed by atoms with Gasteiger partial charge in [0.25, 0.3) is 0 Å². The first kappa shape index (κ1) is 8.94. The quantitative estimate of drug-likeness (QED) is 0.560. The number of hydrogen-bond donors (Lipinski definition) is 1. The van der Waals surface area contributed by atoms with E-state index in [1.54, 1.807) is 18.2 Å². The van der Waals surface area contributed by atoms with E-state index in [0.717, 1.165) is 5.56 Å². The molecule has 2 N–H and O–H groups in total. The molecule has 12 heavy (non-hydrogen) atoms. The number of isocyanates is 1. The molecule has 0 radical (unpaired) electrons. The number of hydrogen-bond acceptors (Lipinski definition) is 3. The van der Waals surface area contributed by atoms with Crippen LogP contribution in [0.1, 0.15) is 5.56 Å². The summed E-state index contributed by atoms with van der Waals surface area (Å²) in [6.07, 6.45) is 1.43. The summed E-state index contributed by atoms with van der Waals surface area (Å²) in [5.74, 6) is 0. The largest absolute Gasteiger partial charge is 0.326 e. The SMILES string of the molecule is NCc1ccc(N=C=O)cc1Cl.